The highest BCUT2D eigenvalue weighted by molar-refractivity contribution is 7.14. The van der Waals surface area contributed by atoms with Crippen molar-refractivity contribution in [2.45, 2.75) is 19.8 Å². The summed E-state index contributed by atoms with van der Waals surface area (Å²) in [5.74, 6) is 0. The predicted octanol–water partition coefficient (Wildman–Crippen LogP) is 4.14. The number of hydrogen-bond acceptors (Lipinski definition) is 2. The minimum Gasteiger partial charge on any atom is -0.144 e. The van der Waals surface area contributed by atoms with E-state index in [2.05, 4.69) is 24.4 Å². The molecule has 2 heterocycles. The fourth-order valence-electron chi connectivity index (χ4n) is 2.72. The van der Waals surface area contributed by atoms with E-state index in [1.54, 1.807) is 32.0 Å². The Morgan fingerprint density at radius 1 is 1.07 bits per heavy atom. The van der Waals surface area contributed by atoms with Crippen LogP contribution in [0.3, 0.4) is 0 Å². The van der Waals surface area contributed by atoms with Crippen LogP contribution in [0.4, 0.5) is 0 Å². The van der Waals surface area contributed by atoms with Gasteiger partial charge in [-0.25, -0.2) is 0 Å². The first-order valence-corrected chi connectivity index (χ1v) is 6.91. The van der Waals surface area contributed by atoms with Gasteiger partial charge >= 0.3 is 0 Å². The fraction of sp³-hybridized carbons (Fsp3) is 0.231. The number of rotatable bonds is 0. The minimum atomic E-state index is 1.18. The SMILES string of the molecule is Cc1cc2c(s1)C1=C(C2)c2sccc2C1. The van der Waals surface area contributed by atoms with Gasteiger partial charge in [0.25, 0.3) is 0 Å². The molecule has 2 heteroatoms. The zero-order chi connectivity index (χ0) is 9.99. The van der Waals surface area contributed by atoms with E-state index in [-0.39, 0.29) is 0 Å². The van der Waals surface area contributed by atoms with E-state index in [9.17, 15) is 0 Å². The summed E-state index contributed by atoms with van der Waals surface area (Å²) in [4.78, 5) is 4.60. The van der Waals surface area contributed by atoms with Gasteiger partial charge in [0.15, 0.2) is 0 Å². The lowest BCUT2D eigenvalue weighted by Crippen LogP contribution is -1.83. The molecule has 0 bridgehead atoms. The van der Waals surface area contributed by atoms with Crippen molar-refractivity contribution in [3.05, 3.63) is 43.3 Å². The molecule has 0 fully saturated rings. The largest absolute Gasteiger partial charge is 0.144 e. The molecule has 2 aromatic rings. The highest BCUT2D eigenvalue weighted by Crippen LogP contribution is 2.50. The van der Waals surface area contributed by atoms with Gasteiger partial charge in [-0.15, -0.1) is 22.7 Å². The maximum atomic E-state index is 2.37. The van der Waals surface area contributed by atoms with Crippen LogP contribution in [-0.2, 0) is 12.8 Å². The van der Waals surface area contributed by atoms with Gasteiger partial charge in [0.2, 0.25) is 0 Å². The number of hydrogen-bond donors (Lipinski definition) is 0. The topological polar surface area (TPSA) is 0 Å². The third-order valence-electron chi connectivity index (χ3n) is 3.33. The molecule has 0 unspecified atom stereocenters. The van der Waals surface area contributed by atoms with Gasteiger partial charge in [-0.1, -0.05) is 0 Å². The maximum Gasteiger partial charge on any atom is 0.0347 e. The Morgan fingerprint density at radius 3 is 2.80 bits per heavy atom. The summed E-state index contributed by atoms with van der Waals surface area (Å²) >= 11 is 3.89. The smallest absolute Gasteiger partial charge is 0.0347 e. The maximum absolute atomic E-state index is 2.37. The van der Waals surface area contributed by atoms with Crippen LogP contribution in [-0.4, -0.2) is 0 Å². The Bertz CT molecular complexity index is 596. The molecule has 0 spiro atoms. The lowest BCUT2D eigenvalue weighted by molar-refractivity contribution is 1.31. The second-order valence-electron chi connectivity index (χ2n) is 4.30. The van der Waals surface area contributed by atoms with Crippen LogP contribution in [0.2, 0.25) is 0 Å². The standard InChI is InChI=1S/C13H10S2/c1-7-4-9-6-10-11(13(9)15-7)5-8-2-3-14-12(8)10/h2-4H,5-6H2,1H3. The van der Waals surface area contributed by atoms with E-state index in [0.29, 0.717) is 0 Å². The first kappa shape index (κ1) is 8.31. The third-order valence-corrected chi connectivity index (χ3v) is 5.49. The molecule has 2 aromatic heterocycles. The second kappa shape index (κ2) is 2.63. The molecule has 0 atom stereocenters. The molecule has 74 valence electrons. The van der Waals surface area contributed by atoms with Gasteiger partial charge in [0.1, 0.15) is 0 Å². The summed E-state index contributed by atoms with van der Waals surface area (Å²) < 4.78 is 0. The Kier molecular flexibility index (Phi) is 1.46. The van der Waals surface area contributed by atoms with Crippen molar-refractivity contribution in [1.29, 1.82) is 0 Å². The molecule has 0 aromatic carbocycles. The molecule has 0 aliphatic heterocycles. The predicted molar refractivity (Wildman–Crippen MR) is 67.6 cm³/mol. The van der Waals surface area contributed by atoms with Gasteiger partial charge < -0.3 is 0 Å². The van der Waals surface area contributed by atoms with Crippen molar-refractivity contribution in [2.24, 2.45) is 0 Å². The van der Waals surface area contributed by atoms with E-state index in [1.165, 1.54) is 17.7 Å². The zero-order valence-corrected chi connectivity index (χ0v) is 10.1. The van der Waals surface area contributed by atoms with Gasteiger partial charge in [-0.2, -0.15) is 0 Å². The average Bonchev–Trinajstić information content (AvgIpc) is 2.83. The molecule has 4 rings (SSSR count). The molecule has 0 saturated carbocycles. The first-order valence-electron chi connectivity index (χ1n) is 5.21. The van der Waals surface area contributed by atoms with Crippen molar-refractivity contribution < 1.29 is 0 Å². The molecule has 0 nitrogen and oxygen atoms in total. The van der Waals surface area contributed by atoms with Crippen LogP contribution >= 0.6 is 22.7 Å². The summed E-state index contributed by atoms with van der Waals surface area (Å²) in [6, 6.07) is 4.66. The van der Waals surface area contributed by atoms with E-state index in [4.69, 9.17) is 0 Å². The Morgan fingerprint density at radius 2 is 1.87 bits per heavy atom. The van der Waals surface area contributed by atoms with Gasteiger partial charge in [-0.3, -0.25) is 0 Å². The highest BCUT2D eigenvalue weighted by Gasteiger charge is 2.31. The molecule has 2 aliphatic carbocycles. The Labute approximate surface area is 96.9 Å². The number of thiophene rings is 2. The quantitative estimate of drug-likeness (QED) is 0.638. The molecule has 2 aliphatic rings. The lowest BCUT2D eigenvalue weighted by Gasteiger charge is -1.96. The van der Waals surface area contributed by atoms with Crippen molar-refractivity contribution in [3.63, 3.8) is 0 Å². The second-order valence-corrected chi connectivity index (χ2v) is 6.47. The fourth-order valence-corrected chi connectivity index (χ4v) is 4.82. The van der Waals surface area contributed by atoms with E-state index < -0.39 is 0 Å². The third kappa shape index (κ3) is 0.963. The molecule has 0 saturated heterocycles. The zero-order valence-electron chi connectivity index (χ0n) is 8.46. The van der Waals surface area contributed by atoms with Crippen LogP contribution in [0.15, 0.2) is 17.5 Å². The summed E-state index contributed by atoms with van der Waals surface area (Å²) in [6.45, 7) is 2.22. The number of allylic oxidation sites excluding steroid dienone is 2. The average molecular weight is 230 g/mol. The summed E-state index contributed by atoms with van der Waals surface area (Å²) in [5.41, 5.74) is 6.38. The normalized spacial score (nSPS) is 16.9. The molecule has 0 amide bonds. The molecular weight excluding hydrogens is 220 g/mol. The molecule has 15 heavy (non-hydrogen) atoms. The van der Waals surface area contributed by atoms with Crippen LogP contribution in [0.1, 0.15) is 25.8 Å². The van der Waals surface area contributed by atoms with Crippen LogP contribution < -0.4 is 0 Å². The van der Waals surface area contributed by atoms with Crippen molar-refractivity contribution in [3.8, 4) is 0 Å². The van der Waals surface area contributed by atoms with Crippen LogP contribution in [0.5, 0.6) is 0 Å². The van der Waals surface area contributed by atoms with Crippen molar-refractivity contribution in [2.75, 3.05) is 0 Å². The summed E-state index contributed by atoms with van der Waals surface area (Å²) in [7, 11) is 0. The summed E-state index contributed by atoms with van der Waals surface area (Å²) in [5, 5.41) is 2.23. The van der Waals surface area contributed by atoms with Crippen molar-refractivity contribution in [1.82, 2.24) is 0 Å². The highest BCUT2D eigenvalue weighted by atomic mass is 32.1. The van der Waals surface area contributed by atoms with Gasteiger partial charge in [0, 0.05) is 27.5 Å². The molecule has 0 N–H and O–H groups in total. The monoisotopic (exact) mass is 230 g/mol. The van der Waals surface area contributed by atoms with Crippen molar-refractivity contribution >= 4 is 33.8 Å². The Balaban J connectivity index is 1.94. The molecular formula is C13H10S2. The van der Waals surface area contributed by atoms with E-state index >= 15 is 0 Å². The Hall–Kier alpha value is -0.860. The van der Waals surface area contributed by atoms with E-state index in [0.717, 1.165) is 0 Å². The number of fused-ring (bicyclic) bond motifs is 4. The first-order chi connectivity index (χ1) is 7.33. The van der Waals surface area contributed by atoms with Gasteiger partial charge in [0.05, 0.1) is 0 Å². The minimum absolute atomic E-state index is 1.18. The van der Waals surface area contributed by atoms with E-state index in [1.807, 2.05) is 22.7 Å². The lowest BCUT2D eigenvalue weighted by atomic mass is 10.1. The molecule has 0 radical (unpaired) electrons. The van der Waals surface area contributed by atoms with Crippen LogP contribution in [0.25, 0.3) is 11.1 Å². The van der Waals surface area contributed by atoms with Gasteiger partial charge in [-0.05, 0) is 46.7 Å². The van der Waals surface area contributed by atoms with Crippen LogP contribution in [0, 0.1) is 6.92 Å². The number of aryl methyl sites for hydroxylation is 1. The summed E-state index contributed by atoms with van der Waals surface area (Å²) in [6.07, 6.45) is 2.36.